The molecule has 0 aliphatic heterocycles. The van der Waals surface area contributed by atoms with Gasteiger partial charge in [-0.1, -0.05) is 17.8 Å². The SMILES string of the molecule is CSc1nc2cc(CS(=O)(=O)Cl)ccc2o1. The Kier molecular flexibility index (Phi) is 3.14. The molecule has 0 unspecified atom stereocenters. The normalized spacial score (nSPS) is 12.1. The number of aromatic nitrogens is 1. The van der Waals surface area contributed by atoms with Crippen molar-refractivity contribution >= 4 is 42.6 Å². The van der Waals surface area contributed by atoms with Crippen LogP contribution in [0.3, 0.4) is 0 Å². The van der Waals surface area contributed by atoms with Gasteiger partial charge in [-0.25, -0.2) is 13.4 Å². The molecule has 0 saturated carbocycles. The van der Waals surface area contributed by atoms with E-state index in [1.807, 2.05) is 6.26 Å². The molecule has 1 aromatic carbocycles. The van der Waals surface area contributed by atoms with Crippen molar-refractivity contribution in [1.29, 1.82) is 0 Å². The summed E-state index contributed by atoms with van der Waals surface area (Å²) in [5.41, 5.74) is 1.88. The van der Waals surface area contributed by atoms with Crippen molar-refractivity contribution in [2.24, 2.45) is 0 Å². The average Bonchev–Trinajstić information content (AvgIpc) is 2.57. The van der Waals surface area contributed by atoms with E-state index in [0.717, 1.165) is 0 Å². The molecule has 4 nitrogen and oxygen atoms in total. The van der Waals surface area contributed by atoms with Crippen molar-refractivity contribution in [3.63, 3.8) is 0 Å². The summed E-state index contributed by atoms with van der Waals surface area (Å²) >= 11 is 1.39. The molecular weight excluding hydrogens is 270 g/mol. The fourth-order valence-electron chi connectivity index (χ4n) is 1.33. The molecule has 0 aliphatic rings. The molecule has 0 fully saturated rings. The standard InChI is InChI=1S/C9H8ClNO3S2/c1-15-9-11-7-4-6(5-16(10,12)13)2-3-8(7)14-9/h2-4H,5H2,1H3. The second-order valence-electron chi connectivity index (χ2n) is 3.17. The Hall–Kier alpha value is -0.720. The third-order valence-corrected chi connectivity index (χ3v) is 3.48. The van der Waals surface area contributed by atoms with Gasteiger partial charge in [0.15, 0.2) is 5.58 Å². The Labute approximate surface area is 101 Å². The van der Waals surface area contributed by atoms with Crippen LogP contribution in [0.1, 0.15) is 5.56 Å². The molecule has 0 atom stereocenters. The first-order valence-electron chi connectivity index (χ1n) is 4.34. The molecular formula is C9H8ClNO3S2. The topological polar surface area (TPSA) is 60.2 Å². The number of hydrogen-bond acceptors (Lipinski definition) is 5. The molecule has 0 spiro atoms. The van der Waals surface area contributed by atoms with Gasteiger partial charge in [-0.15, -0.1) is 0 Å². The summed E-state index contributed by atoms with van der Waals surface area (Å²) in [6.07, 6.45) is 1.86. The van der Waals surface area contributed by atoms with Gasteiger partial charge in [-0.2, -0.15) is 0 Å². The predicted molar refractivity (Wildman–Crippen MR) is 64.3 cm³/mol. The second kappa shape index (κ2) is 4.27. The summed E-state index contributed by atoms with van der Waals surface area (Å²) < 4.78 is 27.2. The van der Waals surface area contributed by atoms with Crippen molar-refractivity contribution < 1.29 is 12.8 Å². The summed E-state index contributed by atoms with van der Waals surface area (Å²) in [7, 11) is 1.64. The molecule has 2 aromatic rings. The molecule has 16 heavy (non-hydrogen) atoms. The fraction of sp³-hybridized carbons (Fsp3) is 0.222. The molecule has 0 bridgehead atoms. The quantitative estimate of drug-likeness (QED) is 0.637. The first-order chi connectivity index (χ1) is 7.48. The number of benzene rings is 1. The van der Waals surface area contributed by atoms with Gasteiger partial charge >= 0.3 is 0 Å². The molecule has 0 saturated heterocycles. The van der Waals surface area contributed by atoms with Crippen LogP contribution in [0.15, 0.2) is 27.8 Å². The minimum Gasteiger partial charge on any atom is -0.431 e. The van der Waals surface area contributed by atoms with E-state index in [4.69, 9.17) is 15.1 Å². The van der Waals surface area contributed by atoms with Crippen molar-refractivity contribution in [1.82, 2.24) is 4.98 Å². The maximum absolute atomic E-state index is 10.9. The van der Waals surface area contributed by atoms with E-state index in [2.05, 4.69) is 4.98 Å². The highest BCUT2D eigenvalue weighted by Crippen LogP contribution is 2.23. The third-order valence-electron chi connectivity index (χ3n) is 1.95. The van der Waals surface area contributed by atoms with Gasteiger partial charge < -0.3 is 4.42 Å². The monoisotopic (exact) mass is 277 g/mol. The number of nitrogens with zero attached hydrogens (tertiary/aromatic N) is 1. The fourth-order valence-corrected chi connectivity index (χ4v) is 2.65. The predicted octanol–water partition coefficient (Wildman–Crippen LogP) is 2.62. The number of fused-ring (bicyclic) bond motifs is 1. The summed E-state index contributed by atoms with van der Waals surface area (Å²) in [5, 5.41) is 0.556. The lowest BCUT2D eigenvalue weighted by molar-refractivity contribution is 0.490. The van der Waals surface area contributed by atoms with Crippen LogP contribution in [-0.4, -0.2) is 19.7 Å². The number of rotatable bonds is 3. The van der Waals surface area contributed by atoms with Crippen LogP contribution in [0.25, 0.3) is 11.1 Å². The number of oxazole rings is 1. The molecule has 2 rings (SSSR count). The van der Waals surface area contributed by atoms with E-state index in [1.54, 1.807) is 18.2 Å². The van der Waals surface area contributed by atoms with Gasteiger partial charge in [0.2, 0.25) is 9.05 Å². The third kappa shape index (κ3) is 2.69. The summed E-state index contributed by atoms with van der Waals surface area (Å²) in [6.45, 7) is 0. The highest BCUT2D eigenvalue weighted by atomic mass is 35.7. The van der Waals surface area contributed by atoms with E-state index in [1.165, 1.54) is 11.8 Å². The van der Waals surface area contributed by atoms with Crippen molar-refractivity contribution in [3.05, 3.63) is 23.8 Å². The second-order valence-corrected chi connectivity index (χ2v) is 6.70. The molecule has 0 amide bonds. The molecule has 1 aromatic heterocycles. The average molecular weight is 278 g/mol. The van der Waals surface area contributed by atoms with Crippen molar-refractivity contribution in [2.45, 2.75) is 11.0 Å². The molecule has 0 radical (unpaired) electrons. The van der Waals surface area contributed by atoms with Crippen LogP contribution in [0, 0.1) is 0 Å². The minimum atomic E-state index is -3.54. The van der Waals surface area contributed by atoms with Gasteiger partial charge in [0.1, 0.15) is 5.52 Å². The van der Waals surface area contributed by atoms with Crippen molar-refractivity contribution in [2.75, 3.05) is 6.26 Å². The number of thioether (sulfide) groups is 1. The highest BCUT2D eigenvalue weighted by molar-refractivity contribution is 8.13. The lowest BCUT2D eigenvalue weighted by Gasteiger charge is -1.96. The van der Waals surface area contributed by atoms with Gasteiger partial charge in [-0.05, 0) is 24.0 Å². The van der Waals surface area contributed by atoms with Crippen LogP contribution in [0.4, 0.5) is 0 Å². The Balaban J connectivity index is 2.43. The zero-order valence-electron chi connectivity index (χ0n) is 8.31. The Morgan fingerprint density at radius 2 is 2.25 bits per heavy atom. The van der Waals surface area contributed by atoms with E-state index in [-0.39, 0.29) is 5.75 Å². The van der Waals surface area contributed by atoms with Gasteiger partial charge in [-0.3, -0.25) is 0 Å². The molecule has 0 N–H and O–H groups in total. The largest absolute Gasteiger partial charge is 0.431 e. The van der Waals surface area contributed by atoms with Crippen LogP contribution in [0.5, 0.6) is 0 Å². The first kappa shape index (κ1) is 11.8. The molecule has 86 valence electrons. The number of halogens is 1. The molecule has 7 heteroatoms. The summed E-state index contributed by atoms with van der Waals surface area (Å²) in [5.74, 6) is -0.202. The smallest absolute Gasteiger partial charge is 0.256 e. The van der Waals surface area contributed by atoms with E-state index >= 15 is 0 Å². The number of hydrogen-bond donors (Lipinski definition) is 0. The van der Waals surface area contributed by atoms with E-state index < -0.39 is 9.05 Å². The Morgan fingerprint density at radius 3 is 2.88 bits per heavy atom. The van der Waals surface area contributed by atoms with Crippen LogP contribution in [-0.2, 0) is 14.8 Å². The van der Waals surface area contributed by atoms with E-state index in [9.17, 15) is 8.42 Å². The Bertz CT molecular complexity index is 621. The summed E-state index contributed by atoms with van der Waals surface area (Å²) in [4.78, 5) is 4.18. The minimum absolute atomic E-state index is 0.202. The maximum atomic E-state index is 10.9. The Morgan fingerprint density at radius 1 is 1.50 bits per heavy atom. The van der Waals surface area contributed by atoms with Gasteiger partial charge in [0, 0.05) is 10.7 Å². The zero-order valence-corrected chi connectivity index (χ0v) is 10.7. The van der Waals surface area contributed by atoms with E-state index in [0.29, 0.717) is 21.9 Å². The highest BCUT2D eigenvalue weighted by Gasteiger charge is 2.10. The van der Waals surface area contributed by atoms with Crippen LogP contribution in [0.2, 0.25) is 0 Å². The van der Waals surface area contributed by atoms with Crippen molar-refractivity contribution in [3.8, 4) is 0 Å². The summed E-state index contributed by atoms with van der Waals surface area (Å²) in [6, 6.07) is 5.02. The lowest BCUT2D eigenvalue weighted by Crippen LogP contribution is -1.94. The maximum Gasteiger partial charge on any atom is 0.256 e. The zero-order chi connectivity index (χ0) is 11.8. The molecule has 1 heterocycles. The molecule has 0 aliphatic carbocycles. The lowest BCUT2D eigenvalue weighted by atomic mass is 10.2. The van der Waals surface area contributed by atoms with Gasteiger partial charge in [0.05, 0.1) is 5.75 Å². The van der Waals surface area contributed by atoms with Gasteiger partial charge in [0.25, 0.3) is 5.22 Å². The van der Waals surface area contributed by atoms with Crippen LogP contribution < -0.4 is 0 Å². The first-order valence-corrected chi connectivity index (χ1v) is 8.04. The van der Waals surface area contributed by atoms with Crippen LogP contribution >= 0.6 is 22.4 Å².